The predicted molar refractivity (Wildman–Crippen MR) is 86.0 cm³/mol. The third-order valence-corrected chi connectivity index (χ3v) is 3.12. The van der Waals surface area contributed by atoms with Crippen LogP contribution in [0.25, 0.3) is 0 Å². The highest BCUT2D eigenvalue weighted by Crippen LogP contribution is 2.14. The van der Waals surface area contributed by atoms with E-state index in [0.717, 1.165) is 5.56 Å². The lowest BCUT2D eigenvalue weighted by molar-refractivity contribution is 0.00695. The van der Waals surface area contributed by atoms with Crippen LogP contribution >= 0.6 is 0 Å². The van der Waals surface area contributed by atoms with Crippen LogP contribution in [0, 0.1) is 5.82 Å². The average molecular weight is 314 g/mol. The van der Waals surface area contributed by atoms with Crippen molar-refractivity contribution in [3.8, 4) is 0 Å². The van der Waals surface area contributed by atoms with Crippen LogP contribution in [0.3, 0.4) is 0 Å². The third-order valence-electron chi connectivity index (χ3n) is 3.12. The largest absolute Gasteiger partial charge is 0.456 e. The quantitative estimate of drug-likeness (QED) is 0.627. The van der Waals surface area contributed by atoms with Crippen molar-refractivity contribution in [2.75, 3.05) is 0 Å². The second-order valence-corrected chi connectivity index (χ2v) is 6.31. The molecule has 0 aromatic heterocycles. The summed E-state index contributed by atoms with van der Waals surface area (Å²) in [5, 5.41) is 0. The summed E-state index contributed by atoms with van der Waals surface area (Å²) in [7, 11) is 0. The Hall–Kier alpha value is -2.49. The first kappa shape index (κ1) is 16.9. The highest BCUT2D eigenvalue weighted by molar-refractivity contribution is 5.97. The average Bonchev–Trinajstić information content (AvgIpc) is 2.46. The van der Waals surface area contributed by atoms with Gasteiger partial charge in [-0.15, -0.1) is 0 Å². The molecule has 0 saturated heterocycles. The zero-order chi connectivity index (χ0) is 17.0. The number of hydrogen-bond donors (Lipinski definition) is 0. The van der Waals surface area contributed by atoms with Gasteiger partial charge in [-0.05, 0) is 62.7 Å². The zero-order valence-electron chi connectivity index (χ0n) is 13.4. The van der Waals surface area contributed by atoms with Gasteiger partial charge >= 0.3 is 5.97 Å². The highest BCUT2D eigenvalue weighted by Gasteiger charge is 2.17. The molecule has 0 unspecified atom stereocenters. The van der Waals surface area contributed by atoms with Gasteiger partial charge < -0.3 is 4.74 Å². The fourth-order valence-electron chi connectivity index (χ4n) is 2.02. The van der Waals surface area contributed by atoms with Gasteiger partial charge in [-0.3, -0.25) is 4.79 Å². The zero-order valence-corrected chi connectivity index (χ0v) is 13.4. The molecule has 23 heavy (non-hydrogen) atoms. The molecule has 0 bridgehead atoms. The fourth-order valence-corrected chi connectivity index (χ4v) is 2.02. The normalized spacial score (nSPS) is 11.1. The summed E-state index contributed by atoms with van der Waals surface area (Å²) in [6, 6.07) is 12.2. The van der Waals surface area contributed by atoms with Crippen LogP contribution < -0.4 is 0 Å². The first-order valence-corrected chi connectivity index (χ1v) is 7.36. The molecule has 0 aliphatic rings. The summed E-state index contributed by atoms with van der Waals surface area (Å²) in [4.78, 5) is 24.0. The van der Waals surface area contributed by atoms with E-state index < -0.39 is 11.6 Å². The number of carbonyl (C=O) groups is 2. The van der Waals surface area contributed by atoms with Gasteiger partial charge in [0.05, 0.1) is 5.56 Å². The lowest BCUT2D eigenvalue weighted by Gasteiger charge is -2.19. The molecule has 3 nitrogen and oxygen atoms in total. The number of halogens is 1. The summed E-state index contributed by atoms with van der Waals surface area (Å²) in [5.74, 6) is -0.868. The predicted octanol–water partition coefficient (Wildman–Crippen LogP) is 4.21. The molecular weight excluding hydrogens is 295 g/mol. The molecule has 0 fully saturated rings. The Morgan fingerprint density at radius 1 is 0.913 bits per heavy atom. The smallest absolute Gasteiger partial charge is 0.338 e. The minimum Gasteiger partial charge on any atom is -0.456 e. The van der Waals surface area contributed by atoms with Gasteiger partial charge in [0.25, 0.3) is 0 Å². The standard InChI is InChI=1S/C19H19FO3/c1-19(2,3)23-18(22)15-6-4-13(5-7-15)12-17(21)14-8-10-16(20)11-9-14/h4-11H,12H2,1-3H3. The molecule has 0 spiro atoms. The summed E-state index contributed by atoms with van der Waals surface area (Å²) >= 11 is 0. The van der Waals surface area contributed by atoms with Crippen molar-refractivity contribution < 1.29 is 18.7 Å². The van der Waals surface area contributed by atoms with Crippen LogP contribution in [-0.4, -0.2) is 17.4 Å². The van der Waals surface area contributed by atoms with Crippen LogP contribution in [0.15, 0.2) is 48.5 Å². The molecule has 0 amide bonds. The van der Waals surface area contributed by atoms with Gasteiger partial charge in [-0.1, -0.05) is 12.1 Å². The molecule has 120 valence electrons. The third kappa shape index (κ3) is 5.02. The van der Waals surface area contributed by atoms with Crippen molar-refractivity contribution in [2.24, 2.45) is 0 Å². The first-order chi connectivity index (χ1) is 10.7. The molecule has 0 radical (unpaired) electrons. The van der Waals surface area contributed by atoms with Gasteiger partial charge in [-0.2, -0.15) is 0 Å². The Balaban J connectivity index is 2.04. The van der Waals surface area contributed by atoms with Crippen molar-refractivity contribution in [2.45, 2.75) is 32.8 Å². The maximum atomic E-state index is 12.9. The SMILES string of the molecule is CC(C)(C)OC(=O)c1ccc(CC(=O)c2ccc(F)cc2)cc1. The van der Waals surface area contributed by atoms with E-state index in [1.165, 1.54) is 24.3 Å². The fraction of sp³-hybridized carbons (Fsp3) is 0.263. The number of ether oxygens (including phenoxy) is 1. The van der Waals surface area contributed by atoms with E-state index in [4.69, 9.17) is 4.74 Å². The van der Waals surface area contributed by atoms with Crippen molar-refractivity contribution in [1.29, 1.82) is 0 Å². The maximum absolute atomic E-state index is 12.9. The second kappa shape index (κ2) is 6.73. The Morgan fingerprint density at radius 2 is 1.43 bits per heavy atom. The number of benzene rings is 2. The molecule has 0 saturated carbocycles. The molecule has 4 heteroatoms. The van der Waals surface area contributed by atoms with E-state index in [1.807, 2.05) is 0 Å². The van der Waals surface area contributed by atoms with E-state index in [1.54, 1.807) is 45.0 Å². The summed E-state index contributed by atoms with van der Waals surface area (Å²) in [5.41, 5.74) is 1.14. The summed E-state index contributed by atoms with van der Waals surface area (Å²) in [6.45, 7) is 5.42. The molecular formula is C19H19FO3. The van der Waals surface area contributed by atoms with E-state index in [-0.39, 0.29) is 18.0 Å². The Morgan fingerprint density at radius 3 is 1.96 bits per heavy atom. The van der Waals surface area contributed by atoms with Crippen molar-refractivity contribution >= 4 is 11.8 Å². The highest BCUT2D eigenvalue weighted by atomic mass is 19.1. The number of rotatable bonds is 4. The topological polar surface area (TPSA) is 43.4 Å². The molecule has 2 aromatic rings. The van der Waals surface area contributed by atoms with Gasteiger partial charge in [0.1, 0.15) is 11.4 Å². The molecule has 2 rings (SSSR count). The van der Waals surface area contributed by atoms with Crippen LogP contribution in [0.2, 0.25) is 0 Å². The molecule has 0 atom stereocenters. The van der Waals surface area contributed by atoms with E-state index in [0.29, 0.717) is 11.1 Å². The number of carbonyl (C=O) groups excluding carboxylic acids is 2. The first-order valence-electron chi connectivity index (χ1n) is 7.36. The van der Waals surface area contributed by atoms with Crippen LogP contribution in [-0.2, 0) is 11.2 Å². The van der Waals surface area contributed by atoms with Crippen molar-refractivity contribution in [3.63, 3.8) is 0 Å². The Kier molecular flexibility index (Phi) is 4.94. The van der Waals surface area contributed by atoms with Crippen molar-refractivity contribution in [1.82, 2.24) is 0 Å². The van der Waals surface area contributed by atoms with Crippen LogP contribution in [0.5, 0.6) is 0 Å². The monoisotopic (exact) mass is 314 g/mol. The Labute approximate surface area is 135 Å². The van der Waals surface area contributed by atoms with Gasteiger partial charge in [0.15, 0.2) is 5.78 Å². The van der Waals surface area contributed by atoms with Gasteiger partial charge in [-0.25, -0.2) is 9.18 Å². The van der Waals surface area contributed by atoms with Crippen molar-refractivity contribution in [3.05, 3.63) is 71.0 Å². The van der Waals surface area contributed by atoms with E-state index in [9.17, 15) is 14.0 Å². The summed E-state index contributed by atoms with van der Waals surface area (Å²) in [6.07, 6.45) is 0.195. The lowest BCUT2D eigenvalue weighted by atomic mass is 10.0. The summed E-state index contributed by atoms with van der Waals surface area (Å²) < 4.78 is 18.1. The van der Waals surface area contributed by atoms with E-state index in [2.05, 4.69) is 0 Å². The minimum atomic E-state index is -0.547. The van der Waals surface area contributed by atoms with Gasteiger partial charge in [0, 0.05) is 12.0 Å². The Bertz CT molecular complexity index is 695. The molecule has 2 aromatic carbocycles. The van der Waals surface area contributed by atoms with E-state index >= 15 is 0 Å². The molecule has 0 aliphatic carbocycles. The maximum Gasteiger partial charge on any atom is 0.338 e. The number of Topliss-reactive ketones (excluding diaryl/α,β-unsaturated/α-hetero) is 1. The number of hydrogen-bond acceptors (Lipinski definition) is 3. The van der Waals surface area contributed by atoms with Crippen LogP contribution in [0.1, 0.15) is 47.1 Å². The van der Waals surface area contributed by atoms with Gasteiger partial charge in [0.2, 0.25) is 0 Å². The molecule has 0 aliphatic heterocycles. The lowest BCUT2D eigenvalue weighted by Crippen LogP contribution is -2.23. The van der Waals surface area contributed by atoms with Crippen LogP contribution in [0.4, 0.5) is 4.39 Å². The number of esters is 1. The second-order valence-electron chi connectivity index (χ2n) is 6.31. The molecule has 0 heterocycles. The number of ketones is 1. The molecule has 0 N–H and O–H groups in total. The minimum absolute atomic E-state index is 0.102.